The average Bonchev–Trinajstić information content (AvgIpc) is 2.43. The molecule has 0 fully saturated rings. The van der Waals surface area contributed by atoms with E-state index in [4.69, 9.17) is 5.11 Å². The summed E-state index contributed by atoms with van der Waals surface area (Å²) in [5.41, 5.74) is 0.294. The first-order valence-corrected chi connectivity index (χ1v) is 7.99. The molecule has 0 amide bonds. The van der Waals surface area contributed by atoms with E-state index in [9.17, 15) is 8.42 Å². The Balaban J connectivity index is 3.04. The van der Waals surface area contributed by atoms with Crippen molar-refractivity contribution < 1.29 is 13.5 Å². The highest BCUT2D eigenvalue weighted by Gasteiger charge is 2.22. The summed E-state index contributed by atoms with van der Waals surface area (Å²) in [6.45, 7) is 6.10. The lowest BCUT2D eigenvalue weighted by molar-refractivity contribution is 0.350. The molecule has 0 aliphatic rings. The van der Waals surface area contributed by atoms with Gasteiger partial charge in [-0.05, 0) is 24.0 Å². The topological polar surface area (TPSA) is 66.4 Å². The first-order valence-electron chi connectivity index (χ1n) is 6.51. The van der Waals surface area contributed by atoms with Gasteiger partial charge in [0.1, 0.15) is 6.61 Å². The molecule has 0 saturated carbocycles. The Labute approximate surface area is 121 Å². The van der Waals surface area contributed by atoms with E-state index in [0.29, 0.717) is 12.1 Å². The summed E-state index contributed by atoms with van der Waals surface area (Å²) in [4.78, 5) is 0.146. The SMILES string of the molecule is CCC(C)(C)CNS(=O)(=O)c1ccccc1C#CCO. The van der Waals surface area contributed by atoms with Gasteiger partial charge in [0.2, 0.25) is 10.0 Å². The van der Waals surface area contributed by atoms with Gasteiger partial charge in [-0.3, -0.25) is 0 Å². The Morgan fingerprint density at radius 3 is 2.55 bits per heavy atom. The van der Waals surface area contributed by atoms with Gasteiger partial charge >= 0.3 is 0 Å². The van der Waals surface area contributed by atoms with Crippen LogP contribution < -0.4 is 4.72 Å². The van der Waals surface area contributed by atoms with Crippen LogP contribution in [0.2, 0.25) is 0 Å². The Morgan fingerprint density at radius 1 is 1.30 bits per heavy atom. The Hall–Kier alpha value is -1.35. The zero-order valence-corrected chi connectivity index (χ0v) is 12.9. The highest BCUT2D eigenvalue weighted by molar-refractivity contribution is 7.89. The standard InChI is InChI=1S/C15H21NO3S/c1-4-15(2,3)12-16-20(18,19)14-10-6-5-8-13(14)9-7-11-17/h5-6,8,10,16-17H,4,11-12H2,1-3H3. The molecule has 0 unspecified atom stereocenters. The second-order valence-electron chi connectivity index (χ2n) is 5.30. The normalized spacial score (nSPS) is 11.8. The Kier molecular flexibility index (Phi) is 5.75. The minimum Gasteiger partial charge on any atom is -0.384 e. The van der Waals surface area contributed by atoms with Crippen molar-refractivity contribution in [1.29, 1.82) is 0 Å². The van der Waals surface area contributed by atoms with Crippen LogP contribution in [-0.2, 0) is 10.0 Å². The summed E-state index contributed by atoms with van der Waals surface area (Å²) in [7, 11) is -3.60. The van der Waals surface area contributed by atoms with Gasteiger partial charge in [0.15, 0.2) is 0 Å². The fourth-order valence-electron chi connectivity index (χ4n) is 1.43. The number of sulfonamides is 1. The maximum absolute atomic E-state index is 12.3. The summed E-state index contributed by atoms with van der Waals surface area (Å²) < 4.78 is 27.3. The molecule has 0 spiro atoms. The van der Waals surface area contributed by atoms with Crippen LogP contribution in [0.5, 0.6) is 0 Å². The van der Waals surface area contributed by atoms with Crippen LogP contribution >= 0.6 is 0 Å². The molecule has 1 aromatic carbocycles. The first kappa shape index (κ1) is 16.7. The Morgan fingerprint density at radius 2 is 1.95 bits per heavy atom. The predicted molar refractivity (Wildman–Crippen MR) is 79.7 cm³/mol. The highest BCUT2D eigenvalue weighted by atomic mass is 32.2. The molecule has 110 valence electrons. The third-order valence-electron chi connectivity index (χ3n) is 3.18. The molecule has 2 N–H and O–H groups in total. The molecule has 5 heteroatoms. The Bertz CT molecular complexity index is 609. The van der Waals surface area contributed by atoms with Crippen molar-refractivity contribution in [2.45, 2.75) is 32.1 Å². The van der Waals surface area contributed by atoms with E-state index in [1.807, 2.05) is 20.8 Å². The van der Waals surface area contributed by atoms with Gasteiger partial charge in [-0.1, -0.05) is 44.7 Å². The van der Waals surface area contributed by atoms with Gasteiger partial charge in [0.25, 0.3) is 0 Å². The number of aliphatic hydroxyl groups is 1. The number of nitrogens with one attached hydrogen (secondary N) is 1. The maximum atomic E-state index is 12.3. The molecule has 0 bridgehead atoms. The van der Waals surface area contributed by atoms with Crippen LogP contribution in [0.15, 0.2) is 29.2 Å². The molecule has 0 atom stereocenters. The van der Waals surface area contributed by atoms with Crippen LogP contribution in [0.3, 0.4) is 0 Å². The van der Waals surface area contributed by atoms with E-state index in [1.165, 1.54) is 6.07 Å². The van der Waals surface area contributed by atoms with E-state index in [2.05, 4.69) is 16.6 Å². The fraction of sp³-hybridized carbons (Fsp3) is 0.467. The van der Waals surface area contributed by atoms with Crippen LogP contribution in [-0.4, -0.2) is 26.7 Å². The maximum Gasteiger partial charge on any atom is 0.241 e. The third kappa shape index (κ3) is 4.64. The lowest BCUT2D eigenvalue weighted by Crippen LogP contribution is -2.34. The zero-order chi connectivity index (χ0) is 15.2. The number of rotatable bonds is 5. The van der Waals surface area contributed by atoms with Crippen molar-refractivity contribution >= 4 is 10.0 Å². The van der Waals surface area contributed by atoms with Gasteiger partial charge in [-0.2, -0.15) is 0 Å². The second-order valence-corrected chi connectivity index (χ2v) is 7.03. The molecule has 0 heterocycles. The fourth-order valence-corrected chi connectivity index (χ4v) is 2.83. The van der Waals surface area contributed by atoms with E-state index in [0.717, 1.165) is 6.42 Å². The van der Waals surface area contributed by atoms with Crippen LogP contribution in [0, 0.1) is 17.3 Å². The first-order chi connectivity index (χ1) is 9.32. The minimum atomic E-state index is -3.60. The summed E-state index contributed by atoms with van der Waals surface area (Å²) in [6.07, 6.45) is 0.876. The van der Waals surface area contributed by atoms with Crippen molar-refractivity contribution in [3.63, 3.8) is 0 Å². The molecule has 0 aromatic heterocycles. The van der Waals surface area contributed by atoms with Gasteiger partial charge in [0.05, 0.1) is 4.90 Å². The van der Waals surface area contributed by atoms with Crippen molar-refractivity contribution in [2.75, 3.05) is 13.2 Å². The third-order valence-corrected chi connectivity index (χ3v) is 4.64. The summed E-state index contributed by atoms with van der Waals surface area (Å²) in [5, 5.41) is 8.72. The molecule has 0 radical (unpaired) electrons. The molecular weight excluding hydrogens is 274 g/mol. The molecule has 20 heavy (non-hydrogen) atoms. The summed E-state index contributed by atoms with van der Waals surface area (Å²) in [5.74, 6) is 5.13. The molecule has 4 nitrogen and oxygen atoms in total. The number of benzene rings is 1. The van der Waals surface area contributed by atoms with Crippen molar-refractivity contribution in [3.05, 3.63) is 29.8 Å². The van der Waals surface area contributed by atoms with Gasteiger partial charge in [-0.25, -0.2) is 13.1 Å². The molecule has 1 rings (SSSR count). The minimum absolute atomic E-state index is 0.0984. The van der Waals surface area contributed by atoms with E-state index >= 15 is 0 Å². The van der Waals surface area contributed by atoms with Gasteiger partial charge in [0, 0.05) is 12.1 Å². The van der Waals surface area contributed by atoms with E-state index in [1.54, 1.807) is 18.2 Å². The molecule has 0 aliphatic carbocycles. The molecule has 1 aromatic rings. The van der Waals surface area contributed by atoms with E-state index < -0.39 is 10.0 Å². The monoisotopic (exact) mass is 295 g/mol. The smallest absolute Gasteiger partial charge is 0.241 e. The average molecular weight is 295 g/mol. The summed E-state index contributed by atoms with van der Waals surface area (Å²) in [6, 6.07) is 6.52. The predicted octanol–water partition coefficient (Wildman–Crippen LogP) is 1.74. The van der Waals surface area contributed by atoms with Gasteiger partial charge in [-0.15, -0.1) is 0 Å². The zero-order valence-electron chi connectivity index (χ0n) is 12.1. The van der Waals surface area contributed by atoms with E-state index in [-0.39, 0.29) is 16.9 Å². The number of hydrogen-bond acceptors (Lipinski definition) is 3. The lowest BCUT2D eigenvalue weighted by Gasteiger charge is -2.23. The van der Waals surface area contributed by atoms with Crippen LogP contribution in [0.1, 0.15) is 32.8 Å². The largest absolute Gasteiger partial charge is 0.384 e. The quantitative estimate of drug-likeness (QED) is 0.813. The number of aliphatic hydroxyl groups excluding tert-OH is 1. The molecule has 0 saturated heterocycles. The van der Waals surface area contributed by atoms with Crippen molar-refractivity contribution in [2.24, 2.45) is 5.41 Å². The number of hydrogen-bond donors (Lipinski definition) is 2. The molecular formula is C15H21NO3S. The van der Waals surface area contributed by atoms with Gasteiger partial charge < -0.3 is 5.11 Å². The van der Waals surface area contributed by atoms with Crippen LogP contribution in [0.4, 0.5) is 0 Å². The van der Waals surface area contributed by atoms with Crippen LogP contribution in [0.25, 0.3) is 0 Å². The lowest BCUT2D eigenvalue weighted by atomic mass is 9.91. The van der Waals surface area contributed by atoms with Crippen molar-refractivity contribution in [1.82, 2.24) is 4.72 Å². The summed E-state index contributed by atoms with van der Waals surface area (Å²) >= 11 is 0. The molecule has 0 aliphatic heterocycles. The van der Waals surface area contributed by atoms with Crippen molar-refractivity contribution in [3.8, 4) is 11.8 Å². The highest BCUT2D eigenvalue weighted by Crippen LogP contribution is 2.20. The second kappa shape index (κ2) is 6.89.